The van der Waals surface area contributed by atoms with Crippen molar-refractivity contribution in [1.29, 1.82) is 0 Å². The smallest absolute Gasteiger partial charge is 0.259 e. The molecule has 0 N–H and O–H groups in total. The Balaban J connectivity index is 2.47. The van der Waals surface area contributed by atoms with Gasteiger partial charge in [-0.1, -0.05) is 29.3 Å². The molecule has 1 amide bonds. The van der Waals surface area contributed by atoms with E-state index in [1.165, 1.54) is 38.6 Å². The van der Waals surface area contributed by atoms with Crippen LogP contribution < -0.4 is 9.64 Å². The number of benzene rings is 1. The monoisotopic (exact) mass is 328 g/mol. The molecular formula is C14H11Cl2FN2O2. The normalized spacial score (nSPS) is 10.3. The van der Waals surface area contributed by atoms with Crippen LogP contribution in [0.3, 0.4) is 0 Å². The Morgan fingerprint density at radius 2 is 2.10 bits per heavy atom. The first-order chi connectivity index (χ1) is 9.95. The molecule has 1 aromatic heterocycles. The maximum atomic E-state index is 14.0. The van der Waals surface area contributed by atoms with Gasteiger partial charge in [-0.15, -0.1) is 0 Å². The van der Waals surface area contributed by atoms with Gasteiger partial charge in [0, 0.05) is 13.2 Å². The predicted octanol–water partition coefficient (Wildman–Crippen LogP) is 3.81. The lowest BCUT2D eigenvalue weighted by Gasteiger charge is -2.21. The average Bonchev–Trinajstić information content (AvgIpc) is 2.48. The fourth-order valence-electron chi connectivity index (χ4n) is 1.85. The zero-order valence-corrected chi connectivity index (χ0v) is 12.7. The molecule has 0 aliphatic rings. The maximum Gasteiger partial charge on any atom is 0.259 e. The third-order valence-corrected chi connectivity index (χ3v) is 3.37. The van der Waals surface area contributed by atoms with E-state index in [1.54, 1.807) is 6.07 Å². The van der Waals surface area contributed by atoms with Gasteiger partial charge in [0.15, 0.2) is 5.82 Å². The summed E-state index contributed by atoms with van der Waals surface area (Å²) in [6, 6.07) is 5.62. The summed E-state index contributed by atoms with van der Waals surface area (Å²) in [5.74, 6) is -0.865. The van der Waals surface area contributed by atoms with Crippen LogP contribution in [0.2, 0.25) is 10.2 Å². The van der Waals surface area contributed by atoms with Crippen molar-refractivity contribution < 1.29 is 13.9 Å². The number of nitrogens with zero attached hydrogens (tertiary/aromatic N) is 2. The van der Waals surface area contributed by atoms with Crippen LogP contribution in [-0.4, -0.2) is 25.0 Å². The van der Waals surface area contributed by atoms with Crippen LogP contribution in [-0.2, 0) is 0 Å². The highest BCUT2D eigenvalue weighted by atomic mass is 35.5. The van der Waals surface area contributed by atoms with E-state index in [0.29, 0.717) is 0 Å². The summed E-state index contributed by atoms with van der Waals surface area (Å²) in [4.78, 5) is 17.4. The van der Waals surface area contributed by atoms with E-state index in [1.807, 2.05) is 0 Å². The SMILES string of the molecule is COc1cccc(F)c1N(C)C(=O)c1cc(Cl)ncc1Cl. The Morgan fingerprint density at radius 1 is 1.38 bits per heavy atom. The number of pyridine rings is 1. The highest BCUT2D eigenvalue weighted by Crippen LogP contribution is 2.32. The molecular weight excluding hydrogens is 318 g/mol. The highest BCUT2D eigenvalue weighted by molar-refractivity contribution is 6.35. The summed E-state index contributed by atoms with van der Waals surface area (Å²) in [5, 5.41) is 0.253. The van der Waals surface area contributed by atoms with Crippen molar-refractivity contribution >= 4 is 34.8 Å². The van der Waals surface area contributed by atoms with Crippen molar-refractivity contribution in [2.75, 3.05) is 19.1 Å². The number of amides is 1. The minimum Gasteiger partial charge on any atom is -0.494 e. The van der Waals surface area contributed by atoms with Gasteiger partial charge in [0.2, 0.25) is 0 Å². The quantitative estimate of drug-likeness (QED) is 0.804. The van der Waals surface area contributed by atoms with Crippen LogP contribution in [0, 0.1) is 5.82 Å². The molecule has 2 aromatic rings. The average molecular weight is 329 g/mol. The molecule has 0 saturated heterocycles. The number of rotatable bonds is 3. The van der Waals surface area contributed by atoms with Crippen LogP contribution >= 0.6 is 23.2 Å². The first-order valence-electron chi connectivity index (χ1n) is 5.87. The lowest BCUT2D eigenvalue weighted by Crippen LogP contribution is -2.28. The van der Waals surface area contributed by atoms with E-state index in [-0.39, 0.29) is 27.2 Å². The molecule has 0 aliphatic carbocycles. The van der Waals surface area contributed by atoms with Crippen molar-refractivity contribution in [3.05, 3.63) is 52.0 Å². The Morgan fingerprint density at radius 3 is 2.76 bits per heavy atom. The number of hydrogen-bond donors (Lipinski definition) is 0. The molecule has 0 aliphatic heterocycles. The number of para-hydroxylation sites is 1. The second-order valence-electron chi connectivity index (χ2n) is 4.14. The van der Waals surface area contributed by atoms with Crippen molar-refractivity contribution in [2.45, 2.75) is 0 Å². The van der Waals surface area contributed by atoms with Crippen LogP contribution in [0.4, 0.5) is 10.1 Å². The van der Waals surface area contributed by atoms with Crippen molar-refractivity contribution in [2.24, 2.45) is 0 Å². The molecule has 0 spiro atoms. The second-order valence-corrected chi connectivity index (χ2v) is 4.94. The molecule has 0 atom stereocenters. The van der Waals surface area contributed by atoms with E-state index in [0.717, 1.165) is 4.90 Å². The number of carbonyl (C=O) groups is 1. The van der Waals surface area contributed by atoms with Crippen molar-refractivity contribution in [1.82, 2.24) is 4.98 Å². The summed E-state index contributed by atoms with van der Waals surface area (Å²) in [5.41, 5.74) is 0.151. The molecule has 0 radical (unpaired) electrons. The molecule has 1 heterocycles. The van der Waals surface area contributed by atoms with E-state index in [4.69, 9.17) is 27.9 Å². The van der Waals surface area contributed by atoms with Crippen molar-refractivity contribution in [3.63, 3.8) is 0 Å². The van der Waals surface area contributed by atoms with Crippen LogP contribution in [0.1, 0.15) is 10.4 Å². The van der Waals surface area contributed by atoms with Crippen LogP contribution in [0.5, 0.6) is 5.75 Å². The standard InChI is InChI=1S/C14H11Cl2FN2O2/c1-19(13-10(17)4-3-5-11(13)21-2)14(20)8-6-12(16)18-7-9(8)15/h3-7H,1-2H3. The van der Waals surface area contributed by atoms with E-state index >= 15 is 0 Å². The number of anilines is 1. The Labute approximate surface area is 131 Å². The van der Waals surface area contributed by atoms with Gasteiger partial charge in [0.05, 0.1) is 17.7 Å². The lowest BCUT2D eigenvalue weighted by atomic mass is 10.2. The summed E-state index contributed by atoms with van der Waals surface area (Å²) in [6.45, 7) is 0. The molecule has 21 heavy (non-hydrogen) atoms. The van der Waals surface area contributed by atoms with E-state index in [2.05, 4.69) is 4.98 Å². The molecule has 1 aromatic carbocycles. The highest BCUT2D eigenvalue weighted by Gasteiger charge is 2.22. The van der Waals surface area contributed by atoms with Gasteiger partial charge < -0.3 is 9.64 Å². The van der Waals surface area contributed by atoms with Gasteiger partial charge in [0.25, 0.3) is 5.91 Å². The van der Waals surface area contributed by atoms with Gasteiger partial charge in [-0.3, -0.25) is 4.79 Å². The van der Waals surface area contributed by atoms with Gasteiger partial charge in [-0.05, 0) is 18.2 Å². The number of carbonyl (C=O) groups excluding carboxylic acids is 1. The molecule has 110 valence electrons. The second kappa shape index (κ2) is 6.28. The first-order valence-corrected chi connectivity index (χ1v) is 6.63. The Bertz CT molecular complexity index is 695. The fourth-order valence-corrected chi connectivity index (χ4v) is 2.19. The molecule has 7 heteroatoms. The lowest BCUT2D eigenvalue weighted by molar-refractivity contribution is 0.0991. The zero-order valence-electron chi connectivity index (χ0n) is 11.2. The topological polar surface area (TPSA) is 42.4 Å². The van der Waals surface area contributed by atoms with E-state index < -0.39 is 11.7 Å². The summed E-state index contributed by atoms with van der Waals surface area (Å²) < 4.78 is 19.1. The van der Waals surface area contributed by atoms with Gasteiger partial charge in [0.1, 0.15) is 16.6 Å². The maximum absolute atomic E-state index is 14.0. The molecule has 0 bridgehead atoms. The zero-order chi connectivity index (χ0) is 15.6. The number of aromatic nitrogens is 1. The number of halogens is 3. The number of ether oxygens (including phenoxy) is 1. The van der Waals surface area contributed by atoms with E-state index in [9.17, 15) is 9.18 Å². The Hall–Kier alpha value is -1.85. The summed E-state index contributed by atoms with van der Waals surface area (Å²) in [7, 11) is 2.82. The first kappa shape index (κ1) is 15.5. The largest absolute Gasteiger partial charge is 0.494 e. The Kier molecular flexibility index (Phi) is 4.65. The molecule has 0 unspecified atom stereocenters. The predicted molar refractivity (Wildman–Crippen MR) is 79.9 cm³/mol. The number of methoxy groups -OCH3 is 1. The molecule has 2 rings (SSSR count). The minimum absolute atomic E-state index is 0.0222. The van der Waals surface area contributed by atoms with Gasteiger partial charge >= 0.3 is 0 Å². The van der Waals surface area contributed by atoms with Gasteiger partial charge in [-0.2, -0.15) is 0 Å². The molecule has 0 fully saturated rings. The van der Waals surface area contributed by atoms with Crippen LogP contribution in [0.15, 0.2) is 30.5 Å². The van der Waals surface area contributed by atoms with Gasteiger partial charge in [-0.25, -0.2) is 9.37 Å². The third-order valence-electron chi connectivity index (χ3n) is 2.86. The summed E-state index contributed by atoms with van der Waals surface area (Å²) >= 11 is 11.7. The molecule has 0 saturated carbocycles. The van der Waals surface area contributed by atoms with Crippen molar-refractivity contribution in [3.8, 4) is 5.75 Å². The number of hydrogen-bond acceptors (Lipinski definition) is 3. The minimum atomic E-state index is -0.582. The summed E-state index contributed by atoms with van der Waals surface area (Å²) in [6.07, 6.45) is 1.27. The fraction of sp³-hybridized carbons (Fsp3) is 0.143. The third kappa shape index (κ3) is 3.09. The molecule has 4 nitrogen and oxygen atoms in total. The van der Waals surface area contributed by atoms with Crippen LogP contribution in [0.25, 0.3) is 0 Å².